The number of carbonyl (C=O) groups excluding carboxylic acids is 1. The highest BCUT2D eigenvalue weighted by Crippen LogP contribution is 2.28. The SMILES string of the molecule is CCCOc1ccc(NC(=O)c2ccc(=O)[nH]c2)cc1Cl. The predicted octanol–water partition coefficient (Wildman–Crippen LogP) is 3.07. The van der Waals surface area contributed by atoms with Gasteiger partial charge in [-0.2, -0.15) is 0 Å². The van der Waals surface area contributed by atoms with Gasteiger partial charge in [-0.05, 0) is 30.7 Å². The van der Waals surface area contributed by atoms with E-state index in [1.807, 2.05) is 6.92 Å². The van der Waals surface area contributed by atoms with Gasteiger partial charge < -0.3 is 15.0 Å². The van der Waals surface area contributed by atoms with Crippen LogP contribution in [0.5, 0.6) is 5.75 Å². The molecule has 1 aromatic heterocycles. The van der Waals surface area contributed by atoms with Crippen LogP contribution >= 0.6 is 11.6 Å². The number of carbonyl (C=O) groups is 1. The summed E-state index contributed by atoms with van der Waals surface area (Å²) in [6.45, 7) is 2.59. The highest BCUT2D eigenvalue weighted by atomic mass is 35.5. The molecule has 5 nitrogen and oxygen atoms in total. The molecule has 2 N–H and O–H groups in total. The van der Waals surface area contributed by atoms with Crippen molar-refractivity contribution < 1.29 is 9.53 Å². The van der Waals surface area contributed by atoms with E-state index in [1.165, 1.54) is 18.3 Å². The fourth-order valence-electron chi connectivity index (χ4n) is 1.66. The van der Waals surface area contributed by atoms with Crippen LogP contribution in [-0.2, 0) is 0 Å². The van der Waals surface area contributed by atoms with E-state index >= 15 is 0 Å². The van der Waals surface area contributed by atoms with Crippen LogP contribution in [-0.4, -0.2) is 17.5 Å². The van der Waals surface area contributed by atoms with Gasteiger partial charge in [0.1, 0.15) is 5.75 Å². The zero-order valence-electron chi connectivity index (χ0n) is 11.5. The minimum Gasteiger partial charge on any atom is -0.492 e. The molecule has 21 heavy (non-hydrogen) atoms. The number of benzene rings is 1. The minimum atomic E-state index is -0.329. The zero-order chi connectivity index (χ0) is 15.2. The van der Waals surface area contributed by atoms with Gasteiger partial charge in [-0.1, -0.05) is 18.5 Å². The lowest BCUT2D eigenvalue weighted by Gasteiger charge is -2.09. The molecule has 6 heteroatoms. The molecule has 0 atom stereocenters. The van der Waals surface area contributed by atoms with Crippen LogP contribution in [0.1, 0.15) is 23.7 Å². The maximum Gasteiger partial charge on any atom is 0.257 e. The predicted molar refractivity (Wildman–Crippen MR) is 82.3 cm³/mol. The molecule has 0 unspecified atom stereocenters. The van der Waals surface area contributed by atoms with E-state index < -0.39 is 0 Å². The normalized spacial score (nSPS) is 10.2. The first-order valence-electron chi connectivity index (χ1n) is 6.52. The molecule has 0 radical (unpaired) electrons. The van der Waals surface area contributed by atoms with Crippen molar-refractivity contribution in [2.45, 2.75) is 13.3 Å². The molecule has 0 fully saturated rings. The van der Waals surface area contributed by atoms with E-state index in [0.717, 1.165) is 6.42 Å². The highest BCUT2D eigenvalue weighted by Gasteiger charge is 2.08. The van der Waals surface area contributed by atoms with Gasteiger partial charge in [-0.25, -0.2) is 0 Å². The molecule has 0 aliphatic rings. The lowest BCUT2D eigenvalue weighted by Crippen LogP contribution is -2.14. The molecule has 0 saturated heterocycles. The molecule has 110 valence electrons. The average molecular weight is 307 g/mol. The number of aromatic nitrogens is 1. The second-order valence-corrected chi connectivity index (χ2v) is 4.80. The van der Waals surface area contributed by atoms with Gasteiger partial charge in [0.15, 0.2) is 0 Å². The van der Waals surface area contributed by atoms with Crippen molar-refractivity contribution in [3.63, 3.8) is 0 Å². The molecule has 1 aromatic carbocycles. The summed E-state index contributed by atoms with van der Waals surface area (Å²) in [7, 11) is 0. The third kappa shape index (κ3) is 4.10. The Kier molecular flexibility index (Phi) is 5.00. The molecule has 1 heterocycles. The molecular formula is C15H15ClN2O3. The maximum absolute atomic E-state index is 12.0. The summed E-state index contributed by atoms with van der Waals surface area (Å²) in [4.78, 5) is 25.4. The number of pyridine rings is 1. The first kappa shape index (κ1) is 15.1. The van der Waals surface area contributed by atoms with Crippen molar-refractivity contribution in [3.8, 4) is 5.75 Å². The Bertz CT molecular complexity index is 677. The Hall–Kier alpha value is -2.27. The van der Waals surface area contributed by atoms with Crippen LogP contribution in [0.2, 0.25) is 5.02 Å². The van der Waals surface area contributed by atoms with E-state index in [1.54, 1.807) is 18.2 Å². The summed E-state index contributed by atoms with van der Waals surface area (Å²) in [5, 5.41) is 3.13. The van der Waals surface area contributed by atoms with Crippen LogP contribution in [0, 0.1) is 0 Å². The quantitative estimate of drug-likeness (QED) is 0.891. The summed E-state index contributed by atoms with van der Waals surface area (Å²) < 4.78 is 5.46. The minimum absolute atomic E-state index is 0.257. The topological polar surface area (TPSA) is 71.2 Å². The summed E-state index contributed by atoms with van der Waals surface area (Å²) in [6, 6.07) is 7.79. The lowest BCUT2D eigenvalue weighted by atomic mass is 10.2. The second kappa shape index (κ2) is 6.95. The van der Waals surface area contributed by atoms with Crippen molar-refractivity contribution in [3.05, 3.63) is 57.5 Å². The van der Waals surface area contributed by atoms with E-state index in [9.17, 15) is 9.59 Å². The van der Waals surface area contributed by atoms with E-state index in [0.29, 0.717) is 28.6 Å². The summed E-state index contributed by atoms with van der Waals surface area (Å²) in [5.41, 5.74) is 0.657. The fourth-order valence-corrected chi connectivity index (χ4v) is 1.90. The van der Waals surface area contributed by atoms with Crippen LogP contribution < -0.4 is 15.6 Å². The van der Waals surface area contributed by atoms with Gasteiger partial charge in [0.2, 0.25) is 5.56 Å². The largest absolute Gasteiger partial charge is 0.492 e. The molecule has 0 spiro atoms. The number of amides is 1. The number of rotatable bonds is 5. The van der Waals surface area contributed by atoms with Crippen LogP contribution in [0.15, 0.2) is 41.3 Å². The molecule has 0 aliphatic carbocycles. The molecular weight excluding hydrogens is 292 g/mol. The van der Waals surface area contributed by atoms with Gasteiger partial charge in [-0.15, -0.1) is 0 Å². The number of hydrogen-bond donors (Lipinski definition) is 2. The number of H-pyrrole nitrogens is 1. The second-order valence-electron chi connectivity index (χ2n) is 4.39. The number of halogens is 1. The van der Waals surface area contributed by atoms with E-state index in [-0.39, 0.29) is 11.5 Å². The number of aromatic amines is 1. The van der Waals surface area contributed by atoms with Gasteiger partial charge >= 0.3 is 0 Å². The Morgan fingerprint density at radius 2 is 2.14 bits per heavy atom. The smallest absolute Gasteiger partial charge is 0.257 e. The first-order chi connectivity index (χ1) is 10.1. The number of anilines is 1. The van der Waals surface area contributed by atoms with E-state index in [4.69, 9.17) is 16.3 Å². The highest BCUT2D eigenvalue weighted by molar-refractivity contribution is 6.32. The molecule has 0 aliphatic heterocycles. The van der Waals surface area contributed by atoms with Crippen molar-refractivity contribution in [1.82, 2.24) is 4.98 Å². The summed E-state index contributed by atoms with van der Waals surface area (Å²) >= 11 is 6.09. The van der Waals surface area contributed by atoms with Crippen molar-refractivity contribution >= 4 is 23.2 Å². The van der Waals surface area contributed by atoms with Crippen LogP contribution in [0.25, 0.3) is 0 Å². The van der Waals surface area contributed by atoms with Gasteiger partial charge in [0, 0.05) is 18.0 Å². The molecule has 1 amide bonds. The molecule has 0 saturated carbocycles. The van der Waals surface area contributed by atoms with Gasteiger partial charge in [0.25, 0.3) is 5.91 Å². The van der Waals surface area contributed by atoms with Crippen molar-refractivity contribution in [1.29, 1.82) is 0 Å². The van der Waals surface area contributed by atoms with Gasteiger partial charge in [0.05, 0.1) is 17.2 Å². The van der Waals surface area contributed by atoms with Gasteiger partial charge in [-0.3, -0.25) is 9.59 Å². The average Bonchev–Trinajstić information content (AvgIpc) is 2.47. The van der Waals surface area contributed by atoms with Crippen LogP contribution in [0.4, 0.5) is 5.69 Å². The monoisotopic (exact) mass is 306 g/mol. The third-order valence-corrected chi connectivity index (χ3v) is 2.99. The Morgan fingerprint density at radius 1 is 1.33 bits per heavy atom. The zero-order valence-corrected chi connectivity index (χ0v) is 12.2. The number of ether oxygens (including phenoxy) is 1. The molecule has 2 aromatic rings. The van der Waals surface area contributed by atoms with Crippen molar-refractivity contribution in [2.24, 2.45) is 0 Å². The molecule has 2 rings (SSSR count). The lowest BCUT2D eigenvalue weighted by molar-refractivity contribution is 0.102. The number of hydrogen-bond acceptors (Lipinski definition) is 3. The Morgan fingerprint density at radius 3 is 2.76 bits per heavy atom. The molecule has 0 bridgehead atoms. The first-order valence-corrected chi connectivity index (χ1v) is 6.90. The number of nitrogens with one attached hydrogen (secondary N) is 2. The van der Waals surface area contributed by atoms with E-state index in [2.05, 4.69) is 10.3 Å². The standard InChI is InChI=1S/C15H15ClN2O3/c1-2-7-21-13-5-4-11(8-12(13)16)18-15(20)10-3-6-14(19)17-9-10/h3-6,8-9H,2,7H2,1H3,(H,17,19)(H,18,20). The van der Waals surface area contributed by atoms with Crippen molar-refractivity contribution in [2.75, 3.05) is 11.9 Å². The van der Waals surface area contributed by atoms with Crippen LogP contribution in [0.3, 0.4) is 0 Å². The summed E-state index contributed by atoms with van der Waals surface area (Å²) in [6.07, 6.45) is 2.25. The maximum atomic E-state index is 12.0. The summed E-state index contributed by atoms with van der Waals surface area (Å²) in [5.74, 6) is 0.255. The fraction of sp³-hybridized carbons (Fsp3) is 0.200. The Balaban J connectivity index is 2.09. The third-order valence-electron chi connectivity index (χ3n) is 2.70. The Labute approximate surface area is 126 Å².